The Kier molecular flexibility index (Phi) is 4.56. The van der Waals surface area contributed by atoms with E-state index in [4.69, 9.17) is 5.26 Å². The Balaban J connectivity index is 1.46. The van der Waals surface area contributed by atoms with Gasteiger partial charge in [-0.2, -0.15) is 10.4 Å². The Morgan fingerprint density at radius 1 is 1.19 bits per heavy atom. The van der Waals surface area contributed by atoms with Crippen molar-refractivity contribution < 1.29 is 4.79 Å². The number of benzene rings is 1. The second kappa shape index (κ2) is 7.03. The molecule has 0 radical (unpaired) electrons. The molecule has 2 fully saturated rings. The molecule has 1 aromatic carbocycles. The Morgan fingerprint density at radius 3 is 2.44 bits per heavy atom. The molecule has 7 heteroatoms. The first-order chi connectivity index (χ1) is 13.1. The van der Waals surface area contributed by atoms with Crippen molar-refractivity contribution in [2.45, 2.75) is 38.1 Å². The molecule has 0 atom stereocenters. The summed E-state index contributed by atoms with van der Waals surface area (Å²) in [4.78, 5) is 26.8. The lowest BCUT2D eigenvalue weighted by molar-refractivity contribution is -0.133. The van der Waals surface area contributed by atoms with E-state index in [1.54, 1.807) is 23.7 Å². The Hall–Kier alpha value is -2.88. The van der Waals surface area contributed by atoms with E-state index in [2.05, 4.69) is 11.2 Å². The molecule has 2 heterocycles. The van der Waals surface area contributed by atoms with Gasteiger partial charge in [0, 0.05) is 32.0 Å². The van der Waals surface area contributed by atoms with Gasteiger partial charge in [0.25, 0.3) is 0 Å². The standard InChI is InChI=1S/C20H23N5O2/c1-23-18(16-8-10-24(11-9-16)19(26)17-6-7-17)22-25(20(23)27)13-15-4-2-14(12-21)3-5-15/h2-5,16-17H,6-11,13H2,1H3. The lowest BCUT2D eigenvalue weighted by Gasteiger charge is -2.31. The number of hydrogen-bond acceptors (Lipinski definition) is 4. The van der Waals surface area contributed by atoms with E-state index in [1.165, 1.54) is 4.68 Å². The van der Waals surface area contributed by atoms with Gasteiger partial charge in [-0.15, -0.1) is 0 Å². The number of hydrogen-bond donors (Lipinski definition) is 0. The predicted molar refractivity (Wildman–Crippen MR) is 99.0 cm³/mol. The van der Waals surface area contributed by atoms with Crippen LogP contribution in [-0.4, -0.2) is 38.2 Å². The van der Waals surface area contributed by atoms with Gasteiger partial charge in [-0.05, 0) is 43.4 Å². The molecule has 2 aromatic rings. The third-order valence-corrected chi connectivity index (χ3v) is 5.59. The molecule has 0 spiro atoms. The van der Waals surface area contributed by atoms with Crippen molar-refractivity contribution in [3.05, 3.63) is 51.7 Å². The van der Waals surface area contributed by atoms with E-state index >= 15 is 0 Å². The fraction of sp³-hybridized carbons (Fsp3) is 0.500. The summed E-state index contributed by atoms with van der Waals surface area (Å²) in [5, 5.41) is 13.5. The van der Waals surface area contributed by atoms with Crippen molar-refractivity contribution in [3.63, 3.8) is 0 Å². The van der Waals surface area contributed by atoms with Gasteiger partial charge in [0.2, 0.25) is 5.91 Å². The molecule has 2 aliphatic rings. The van der Waals surface area contributed by atoms with Crippen molar-refractivity contribution in [2.75, 3.05) is 13.1 Å². The molecule has 1 amide bonds. The van der Waals surface area contributed by atoms with Crippen LogP contribution in [0.1, 0.15) is 48.6 Å². The summed E-state index contributed by atoms with van der Waals surface area (Å²) in [7, 11) is 1.77. The summed E-state index contributed by atoms with van der Waals surface area (Å²) >= 11 is 0. The fourth-order valence-electron chi connectivity index (χ4n) is 3.77. The van der Waals surface area contributed by atoms with E-state index in [-0.39, 0.29) is 17.5 Å². The van der Waals surface area contributed by atoms with Crippen LogP contribution in [0.25, 0.3) is 0 Å². The maximum Gasteiger partial charge on any atom is 0.345 e. The van der Waals surface area contributed by atoms with Gasteiger partial charge in [-0.1, -0.05) is 12.1 Å². The number of carbonyl (C=O) groups excluding carboxylic acids is 1. The van der Waals surface area contributed by atoms with Crippen molar-refractivity contribution in [1.29, 1.82) is 5.26 Å². The number of nitrogens with zero attached hydrogens (tertiary/aromatic N) is 5. The zero-order valence-electron chi connectivity index (χ0n) is 15.5. The Labute approximate surface area is 157 Å². The first kappa shape index (κ1) is 17.5. The highest BCUT2D eigenvalue weighted by atomic mass is 16.2. The van der Waals surface area contributed by atoms with E-state index in [0.29, 0.717) is 18.0 Å². The number of amides is 1. The zero-order valence-corrected chi connectivity index (χ0v) is 15.5. The highest BCUT2D eigenvalue weighted by Gasteiger charge is 2.35. The molecule has 27 heavy (non-hydrogen) atoms. The first-order valence-corrected chi connectivity index (χ1v) is 9.48. The van der Waals surface area contributed by atoms with Crippen LogP contribution in [0, 0.1) is 17.2 Å². The summed E-state index contributed by atoms with van der Waals surface area (Å²) in [6.07, 6.45) is 3.76. The van der Waals surface area contributed by atoms with Crippen LogP contribution in [0.4, 0.5) is 0 Å². The van der Waals surface area contributed by atoms with Crippen LogP contribution in [-0.2, 0) is 18.4 Å². The molecule has 0 bridgehead atoms. The molecule has 1 saturated carbocycles. The SMILES string of the molecule is Cn1c(C2CCN(C(=O)C3CC3)CC2)nn(Cc2ccc(C#N)cc2)c1=O. The van der Waals surface area contributed by atoms with E-state index in [0.717, 1.165) is 50.2 Å². The monoisotopic (exact) mass is 365 g/mol. The molecule has 4 rings (SSSR count). The molecular formula is C20H23N5O2. The van der Waals surface area contributed by atoms with E-state index in [9.17, 15) is 9.59 Å². The summed E-state index contributed by atoms with van der Waals surface area (Å²) in [6, 6.07) is 9.28. The van der Waals surface area contributed by atoms with Crippen molar-refractivity contribution in [3.8, 4) is 6.07 Å². The molecule has 7 nitrogen and oxygen atoms in total. The van der Waals surface area contributed by atoms with Gasteiger partial charge >= 0.3 is 5.69 Å². The zero-order chi connectivity index (χ0) is 19.0. The van der Waals surface area contributed by atoms with Gasteiger partial charge < -0.3 is 4.90 Å². The average molecular weight is 365 g/mol. The number of aromatic nitrogens is 3. The van der Waals surface area contributed by atoms with Gasteiger partial charge in [0.1, 0.15) is 5.82 Å². The van der Waals surface area contributed by atoms with Gasteiger partial charge in [0.05, 0.1) is 18.2 Å². The van der Waals surface area contributed by atoms with E-state index < -0.39 is 0 Å². The van der Waals surface area contributed by atoms with Gasteiger partial charge in [-0.3, -0.25) is 9.36 Å². The van der Waals surface area contributed by atoms with Crippen LogP contribution in [0.2, 0.25) is 0 Å². The lowest BCUT2D eigenvalue weighted by Crippen LogP contribution is -2.39. The number of piperidine rings is 1. The topological polar surface area (TPSA) is 83.9 Å². The van der Waals surface area contributed by atoms with E-state index in [1.807, 2.05) is 17.0 Å². The molecular weight excluding hydrogens is 342 g/mol. The van der Waals surface area contributed by atoms with Crippen LogP contribution in [0.5, 0.6) is 0 Å². The van der Waals surface area contributed by atoms with Crippen molar-refractivity contribution in [2.24, 2.45) is 13.0 Å². The summed E-state index contributed by atoms with van der Waals surface area (Å²) in [5.74, 6) is 1.56. The highest BCUT2D eigenvalue weighted by molar-refractivity contribution is 5.81. The second-order valence-corrected chi connectivity index (χ2v) is 7.54. The van der Waals surface area contributed by atoms with Crippen molar-refractivity contribution >= 4 is 5.91 Å². The quantitative estimate of drug-likeness (QED) is 0.824. The fourth-order valence-corrected chi connectivity index (χ4v) is 3.77. The summed E-state index contributed by atoms with van der Waals surface area (Å²) in [5.41, 5.74) is 1.40. The minimum absolute atomic E-state index is 0.133. The Morgan fingerprint density at radius 2 is 1.85 bits per heavy atom. The summed E-state index contributed by atoms with van der Waals surface area (Å²) in [6.45, 7) is 1.88. The normalized spacial score (nSPS) is 17.7. The molecule has 1 saturated heterocycles. The molecule has 1 aliphatic heterocycles. The predicted octanol–water partition coefficient (Wildman–Crippen LogP) is 1.62. The second-order valence-electron chi connectivity index (χ2n) is 7.54. The van der Waals surface area contributed by atoms with Gasteiger partial charge in [-0.25, -0.2) is 9.48 Å². The maximum atomic E-state index is 12.6. The minimum atomic E-state index is -0.133. The van der Waals surface area contributed by atoms with Crippen LogP contribution in [0.15, 0.2) is 29.1 Å². The van der Waals surface area contributed by atoms with Gasteiger partial charge in [0.15, 0.2) is 0 Å². The average Bonchev–Trinajstić information content (AvgIpc) is 3.51. The Bertz CT molecular complexity index is 938. The molecule has 0 N–H and O–H groups in total. The lowest BCUT2D eigenvalue weighted by atomic mass is 9.95. The third-order valence-electron chi connectivity index (χ3n) is 5.59. The van der Waals surface area contributed by atoms with Crippen molar-refractivity contribution in [1.82, 2.24) is 19.2 Å². The minimum Gasteiger partial charge on any atom is -0.342 e. The van der Waals surface area contributed by atoms with Crippen LogP contribution in [0.3, 0.4) is 0 Å². The number of carbonyl (C=O) groups is 1. The number of nitriles is 1. The smallest absolute Gasteiger partial charge is 0.342 e. The molecule has 0 unspecified atom stereocenters. The number of rotatable bonds is 4. The third kappa shape index (κ3) is 3.52. The number of likely N-dealkylation sites (tertiary alicyclic amines) is 1. The maximum absolute atomic E-state index is 12.6. The first-order valence-electron chi connectivity index (χ1n) is 9.48. The molecule has 140 valence electrons. The van der Waals surface area contributed by atoms with Crippen LogP contribution >= 0.6 is 0 Å². The summed E-state index contributed by atoms with van der Waals surface area (Å²) < 4.78 is 3.12. The van der Waals surface area contributed by atoms with Crippen LogP contribution < -0.4 is 5.69 Å². The molecule has 1 aliphatic carbocycles. The largest absolute Gasteiger partial charge is 0.345 e. The molecule has 1 aromatic heterocycles. The highest BCUT2D eigenvalue weighted by Crippen LogP contribution is 2.33.